The molecule has 0 saturated heterocycles. The van der Waals surface area contributed by atoms with Crippen molar-refractivity contribution in [1.82, 2.24) is 9.97 Å². The van der Waals surface area contributed by atoms with Crippen molar-refractivity contribution in [3.63, 3.8) is 0 Å². The third-order valence-corrected chi connectivity index (χ3v) is 1.85. The maximum atomic E-state index is 11.4. The van der Waals surface area contributed by atoms with Crippen LogP contribution in [0.15, 0.2) is 24.0 Å². The van der Waals surface area contributed by atoms with Crippen molar-refractivity contribution in [2.24, 2.45) is 0 Å². The monoisotopic (exact) mass is 174 g/mol. The van der Waals surface area contributed by atoms with Crippen LogP contribution in [0.2, 0.25) is 0 Å². The lowest BCUT2D eigenvalue weighted by atomic mass is 9.99. The van der Waals surface area contributed by atoms with Gasteiger partial charge >= 0.3 is 0 Å². The molecule has 1 aromatic rings. The molecule has 0 amide bonds. The second-order valence-electron chi connectivity index (χ2n) is 2.77. The maximum absolute atomic E-state index is 11.4. The highest BCUT2D eigenvalue weighted by atomic mass is 16.1. The summed E-state index contributed by atoms with van der Waals surface area (Å²) < 4.78 is 0. The van der Waals surface area contributed by atoms with Gasteiger partial charge in [-0.05, 0) is 13.0 Å². The number of rotatable bonds is 0. The maximum Gasteiger partial charge on any atom is 0.209 e. The second kappa shape index (κ2) is 2.58. The molecule has 13 heavy (non-hydrogen) atoms. The predicted octanol–water partition coefficient (Wildman–Crippen LogP) is 0.802. The Morgan fingerprint density at radius 2 is 1.69 bits per heavy atom. The quantitative estimate of drug-likeness (QED) is 0.583. The highest BCUT2D eigenvalue weighted by Gasteiger charge is 2.24. The van der Waals surface area contributed by atoms with Crippen LogP contribution < -0.4 is 0 Å². The van der Waals surface area contributed by atoms with E-state index in [0.29, 0.717) is 5.57 Å². The van der Waals surface area contributed by atoms with Crippen LogP contribution >= 0.6 is 0 Å². The minimum Gasteiger partial charge on any atom is -0.287 e. The van der Waals surface area contributed by atoms with Crippen molar-refractivity contribution >= 4 is 11.6 Å². The van der Waals surface area contributed by atoms with E-state index in [4.69, 9.17) is 0 Å². The summed E-state index contributed by atoms with van der Waals surface area (Å²) in [5.41, 5.74) is 0.726. The molecule has 0 spiro atoms. The second-order valence-corrected chi connectivity index (χ2v) is 2.77. The summed E-state index contributed by atoms with van der Waals surface area (Å²) in [6.07, 6.45) is 4.10. The van der Waals surface area contributed by atoms with E-state index in [1.807, 2.05) is 0 Å². The summed E-state index contributed by atoms with van der Waals surface area (Å²) in [7, 11) is 0. The van der Waals surface area contributed by atoms with Crippen molar-refractivity contribution in [3.8, 4) is 0 Å². The number of fused-ring (bicyclic) bond motifs is 1. The highest BCUT2D eigenvalue weighted by molar-refractivity contribution is 6.22. The van der Waals surface area contributed by atoms with Crippen LogP contribution in [0, 0.1) is 0 Å². The smallest absolute Gasteiger partial charge is 0.209 e. The molecule has 1 aliphatic rings. The van der Waals surface area contributed by atoms with E-state index in [9.17, 15) is 9.59 Å². The van der Waals surface area contributed by atoms with Crippen molar-refractivity contribution in [2.45, 2.75) is 6.92 Å². The predicted molar refractivity (Wildman–Crippen MR) is 44.5 cm³/mol. The van der Waals surface area contributed by atoms with Gasteiger partial charge < -0.3 is 0 Å². The van der Waals surface area contributed by atoms with E-state index >= 15 is 0 Å². The summed E-state index contributed by atoms with van der Waals surface area (Å²) in [5, 5.41) is 0. The number of allylic oxidation sites excluding steroid dienone is 2. The summed E-state index contributed by atoms with van der Waals surface area (Å²) in [5.74, 6) is -0.470. The molecule has 1 aliphatic carbocycles. The van der Waals surface area contributed by atoms with Crippen molar-refractivity contribution < 1.29 is 9.59 Å². The molecule has 0 saturated carbocycles. The number of Topliss-reactive ketones (excluding diaryl/α,β-unsaturated/α-hetero) is 1. The van der Waals surface area contributed by atoms with E-state index in [2.05, 4.69) is 9.97 Å². The fourth-order valence-corrected chi connectivity index (χ4v) is 1.20. The molecule has 0 aromatic carbocycles. The average Bonchev–Trinajstić information content (AvgIpc) is 2.15. The molecule has 1 aromatic heterocycles. The Kier molecular flexibility index (Phi) is 1.55. The van der Waals surface area contributed by atoms with Crippen LogP contribution in [0.25, 0.3) is 0 Å². The van der Waals surface area contributed by atoms with Crippen LogP contribution in [0.3, 0.4) is 0 Å². The van der Waals surface area contributed by atoms with Crippen molar-refractivity contribution in [3.05, 3.63) is 35.4 Å². The Hall–Kier alpha value is -1.84. The van der Waals surface area contributed by atoms with E-state index in [1.54, 1.807) is 6.92 Å². The molecule has 2 rings (SSSR count). The van der Waals surface area contributed by atoms with E-state index in [0.717, 1.165) is 0 Å². The van der Waals surface area contributed by atoms with Gasteiger partial charge in [-0.3, -0.25) is 9.59 Å². The molecule has 0 aliphatic heterocycles. The van der Waals surface area contributed by atoms with Gasteiger partial charge in [-0.25, -0.2) is 9.97 Å². The molecule has 0 bridgehead atoms. The normalized spacial score (nSPS) is 15.3. The lowest BCUT2D eigenvalue weighted by Crippen LogP contribution is -2.18. The van der Waals surface area contributed by atoms with Gasteiger partial charge in [-0.15, -0.1) is 0 Å². The Bertz CT molecular complexity index is 435. The molecule has 0 unspecified atom stereocenters. The van der Waals surface area contributed by atoms with E-state index in [1.165, 1.54) is 18.5 Å². The number of hydrogen-bond acceptors (Lipinski definition) is 4. The summed E-state index contributed by atoms with van der Waals surface area (Å²) in [4.78, 5) is 30.4. The minimum atomic E-state index is -0.250. The third kappa shape index (κ3) is 1.07. The van der Waals surface area contributed by atoms with Gasteiger partial charge in [0.25, 0.3) is 0 Å². The molecule has 0 atom stereocenters. The summed E-state index contributed by atoms with van der Waals surface area (Å²) in [6, 6.07) is 0. The van der Waals surface area contributed by atoms with Crippen LogP contribution in [-0.2, 0) is 0 Å². The van der Waals surface area contributed by atoms with E-state index < -0.39 is 0 Å². The average molecular weight is 174 g/mol. The third-order valence-electron chi connectivity index (χ3n) is 1.85. The number of aromatic nitrogens is 2. The van der Waals surface area contributed by atoms with Gasteiger partial charge in [0.2, 0.25) is 11.6 Å². The van der Waals surface area contributed by atoms with Crippen molar-refractivity contribution in [1.29, 1.82) is 0 Å². The number of carbonyl (C=O) groups excluding carboxylic acids is 2. The van der Waals surface area contributed by atoms with Gasteiger partial charge in [0, 0.05) is 18.0 Å². The molecular formula is C9H6N2O2. The fourth-order valence-electron chi connectivity index (χ4n) is 1.20. The largest absolute Gasteiger partial charge is 0.287 e. The molecule has 0 radical (unpaired) electrons. The number of hydrogen-bond donors (Lipinski definition) is 0. The van der Waals surface area contributed by atoms with Crippen molar-refractivity contribution in [2.75, 3.05) is 0 Å². The summed E-state index contributed by atoms with van der Waals surface area (Å²) >= 11 is 0. The Balaban J connectivity index is 2.69. The molecule has 0 N–H and O–H groups in total. The molecule has 4 heteroatoms. The van der Waals surface area contributed by atoms with Crippen LogP contribution in [0.5, 0.6) is 0 Å². The van der Waals surface area contributed by atoms with Gasteiger partial charge in [0.1, 0.15) is 11.4 Å². The fraction of sp³-hybridized carbons (Fsp3) is 0.111. The number of nitrogens with zero attached hydrogens (tertiary/aromatic N) is 2. The topological polar surface area (TPSA) is 59.9 Å². The molecule has 1 heterocycles. The first-order valence-corrected chi connectivity index (χ1v) is 3.78. The number of carbonyl (C=O) groups is 2. The Labute approximate surface area is 74.3 Å². The molecule has 4 nitrogen and oxygen atoms in total. The SMILES string of the molecule is CC1=CC(=O)c2nccnc2C1=O. The molecule has 64 valence electrons. The minimum absolute atomic E-state index is 0.151. The first kappa shape index (κ1) is 7.79. The lowest BCUT2D eigenvalue weighted by molar-refractivity contribution is 0.0977. The first-order valence-electron chi connectivity index (χ1n) is 3.78. The number of ketones is 2. The molecular weight excluding hydrogens is 168 g/mol. The van der Waals surface area contributed by atoms with Gasteiger partial charge in [0.15, 0.2) is 0 Å². The van der Waals surface area contributed by atoms with Crippen LogP contribution in [0.1, 0.15) is 27.9 Å². The first-order chi connectivity index (χ1) is 6.20. The highest BCUT2D eigenvalue weighted by Crippen LogP contribution is 2.16. The van der Waals surface area contributed by atoms with Gasteiger partial charge in [-0.2, -0.15) is 0 Å². The lowest BCUT2D eigenvalue weighted by Gasteiger charge is -2.08. The van der Waals surface area contributed by atoms with Crippen LogP contribution in [-0.4, -0.2) is 21.5 Å². The van der Waals surface area contributed by atoms with Gasteiger partial charge in [-0.1, -0.05) is 0 Å². The van der Waals surface area contributed by atoms with Crippen LogP contribution in [0.4, 0.5) is 0 Å². The summed E-state index contributed by atoms with van der Waals surface area (Å²) in [6.45, 7) is 1.60. The Morgan fingerprint density at radius 3 is 2.38 bits per heavy atom. The zero-order valence-corrected chi connectivity index (χ0v) is 6.94. The van der Waals surface area contributed by atoms with Gasteiger partial charge in [0.05, 0.1) is 0 Å². The zero-order valence-electron chi connectivity index (χ0n) is 6.94. The van der Waals surface area contributed by atoms with E-state index in [-0.39, 0.29) is 23.0 Å². The zero-order chi connectivity index (χ0) is 9.42. The standard InChI is InChI=1S/C9H6N2O2/c1-5-4-6(12)7-8(9(5)13)11-3-2-10-7/h2-4H,1H3. The Morgan fingerprint density at radius 1 is 1.08 bits per heavy atom. The molecule has 0 fully saturated rings.